The molecule has 0 atom stereocenters. The number of nitro groups is 3. The standard InChI is InChI=1S/C10H4ClN3O6/c11-10-8(14(19)20)4-7(13(17)18)5-2-1-3-6(9(5)10)12(15)16/h1-4H. The van der Waals surface area contributed by atoms with Gasteiger partial charge in [-0.05, 0) is 6.07 Å². The third kappa shape index (κ3) is 1.99. The topological polar surface area (TPSA) is 129 Å². The summed E-state index contributed by atoms with van der Waals surface area (Å²) in [5.74, 6) is 0. The lowest BCUT2D eigenvalue weighted by Crippen LogP contribution is -1.98. The molecule has 0 heterocycles. The fourth-order valence-electron chi connectivity index (χ4n) is 1.82. The van der Waals surface area contributed by atoms with Crippen molar-refractivity contribution in [1.82, 2.24) is 0 Å². The molecular weight excluding hydrogens is 294 g/mol. The smallest absolute Gasteiger partial charge is 0.258 e. The average molecular weight is 298 g/mol. The maximum atomic E-state index is 11.0. The van der Waals surface area contributed by atoms with Crippen LogP contribution in [-0.2, 0) is 0 Å². The summed E-state index contributed by atoms with van der Waals surface area (Å²) >= 11 is 5.79. The molecule has 0 N–H and O–H groups in total. The molecule has 0 spiro atoms. The highest BCUT2D eigenvalue weighted by Crippen LogP contribution is 2.42. The van der Waals surface area contributed by atoms with Gasteiger partial charge in [0.2, 0.25) is 0 Å². The molecule has 9 nitrogen and oxygen atoms in total. The first-order chi connectivity index (χ1) is 9.34. The van der Waals surface area contributed by atoms with Gasteiger partial charge in [-0.15, -0.1) is 0 Å². The van der Waals surface area contributed by atoms with E-state index in [0.717, 1.165) is 6.07 Å². The Balaban J connectivity index is 3.07. The van der Waals surface area contributed by atoms with Crippen molar-refractivity contribution in [3.63, 3.8) is 0 Å². The summed E-state index contributed by atoms with van der Waals surface area (Å²) in [6.45, 7) is 0. The zero-order valence-corrected chi connectivity index (χ0v) is 10.2. The number of rotatable bonds is 3. The van der Waals surface area contributed by atoms with Crippen LogP contribution in [0.5, 0.6) is 0 Å². The van der Waals surface area contributed by atoms with Crippen molar-refractivity contribution in [1.29, 1.82) is 0 Å². The Morgan fingerprint density at radius 3 is 1.90 bits per heavy atom. The SMILES string of the molecule is O=[N+]([O-])c1cc([N+](=O)[O-])c2cccc([N+](=O)[O-])c2c1Cl. The van der Waals surface area contributed by atoms with Gasteiger partial charge >= 0.3 is 0 Å². The molecule has 0 aliphatic carbocycles. The van der Waals surface area contributed by atoms with Crippen molar-refractivity contribution in [2.24, 2.45) is 0 Å². The Hall–Kier alpha value is -2.81. The maximum absolute atomic E-state index is 11.0. The number of hydrogen-bond donors (Lipinski definition) is 0. The molecule has 20 heavy (non-hydrogen) atoms. The van der Waals surface area contributed by atoms with E-state index in [4.69, 9.17) is 11.6 Å². The average Bonchev–Trinajstić information content (AvgIpc) is 2.37. The third-order valence-corrected chi connectivity index (χ3v) is 3.01. The van der Waals surface area contributed by atoms with Crippen LogP contribution in [-0.4, -0.2) is 14.8 Å². The van der Waals surface area contributed by atoms with Gasteiger partial charge in [0.15, 0.2) is 0 Å². The number of nitrogens with zero attached hydrogens (tertiary/aromatic N) is 3. The van der Waals surface area contributed by atoms with Crippen LogP contribution in [0.25, 0.3) is 10.8 Å². The number of fused-ring (bicyclic) bond motifs is 1. The summed E-state index contributed by atoms with van der Waals surface area (Å²) in [5, 5.41) is 31.8. The lowest BCUT2D eigenvalue weighted by molar-refractivity contribution is -0.393. The van der Waals surface area contributed by atoms with Gasteiger partial charge in [-0.2, -0.15) is 0 Å². The summed E-state index contributed by atoms with van der Waals surface area (Å²) in [5.41, 5.74) is -1.89. The van der Waals surface area contributed by atoms with Gasteiger partial charge in [-0.3, -0.25) is 30.3 Å². The molecule has 0 aromatic heterocycles. The van der Waals surface area contributed by atoms with Crippen LogP contribution in [0.3, 0.4) is 0 Å². The van der Waals surface area contributed by atoms with E-state index in [2.05, 4.69) is 0 Å². The first-order valence-corrected chi connectivity index (χ1v) is 5.40. The van der Waals surface area contributed by atoms with Crippen molar-refractivity contribution in [3.8, 4) is 0 Å². The van der Waals surface area contributed by atoms with Gasteiger partial charge in [0, 0.05) is 6.07 Å². The number of hydrogen-bond acceptors (Lipinski definition) is 6. The number of non-ortho nitro benzene ring substituents is 2. The summed E-state index contributed by atoms with van der Waals surface area (Å²) in [4.78, 5) is 30.2. The van der Waals surface area contributed by atoms with Crippen molar-refractivity contribution >= 4 is 39.4 Å². The molecule has 102 valence electrons. The fourth-order valence-corrected chi connectivity index (χ4v) is 2.14. The molecule has 0 aliphatic rings. The lowest BCUT2D eigenvalue weighted by atomic mass is 10.1. The minimum Gasteiger partial charge on any atom is -0.258 e. The Labute approximate surface area is 114 Å². The van der Waals surface area contributed by atoms with Gasteiger partial charge in [0.05, 0.1) is 31.6 Å². The summed E-state index contributed by atoms with van der Waals surface area (Å²) < 4.78 is 0. The highest BCUT2D eigenvalue weighted by molar-refractivity contribution is 6.39. The minimum absolute atomic E-state index is 0.125. The van der Waals surface area contributed by atoms with Crippen molar-refractivity contribution in [2.75, 3.05) is 0 Å². The second-order valence-corrected chi connectivity index (χ2v) is 4.08. The second kappa shape index (κ2) is 4.70. The van der Waals surface area contributed by atoms with Gasteiger partial charge < -0.3 is 0 Å². The normalized spacial score (nSPS) is 10.4. The lowest BCUT2D eigenvalue weighted by Gasteiger charge is -2.04. The molecule has 0 bridgehead atoms. The number of benzene rings is 2. The van der Waals surface area contributed by atoms with Crippen molar-refractivity contribution in [2.45, 2.75) is 0 Å². The predicted molar refractivity (Wildman–Crippen MR) is 68.9 cm³/mol. The zero-order chi connectivity index (χ0) is 15.0. The van der Waals surface area contributed by atoms with Crippen LogP contribution in [0.2, 0.25) is 5.02 Å². The second-order valence-electron chi connectivity index (χ2n) is 3.70. The molecule has 0 unspecified atom stereocenters. The summed E-state index contributed by atoms with van der Waals surface area (Å²) in [6.07, 6.45) is 0. The Morgan fingerprint density at radius 1 is 0.850 bits per heavy atom. The Bertz CT molecular complexity index is 775. The summed E-state index contributed by atoms with van der Waals surface area (Å²) in [7, 11) is 0. The largest absolute Gasteiger partial charge is 0.295 e. The van der Waals surface area contributed by atoms with E-state index < -0.39 is 36.9 Å². The Kier molecular flexibility index (Phi) is 3.20. The molecular formula is C10H4ClN3O6. The molecule has 2 aromatic rings. The van der Waals surface area contributed by atoms with Gasteiger partial charge in [-0.1, -0.05) is 17.7 Å². The predicted octanol–water partition coefficient (Wildman–Crippen LogP) is 3.22. The van der Waals surface area contributed by atoms with Crippen LogP contribution < -0.4 is 0 Å². The fraction of sp³-hybridized carbons (Fsp3) is 0. The van der Waals surface area contributed by atoms with E-state index >= 15 is 0 Å². The van der Waals surface area contributed by atoms with Gasteiger partial charge in [0.25, 0.3) is 17.1 Å². The number of nitro benzene ring substituents is 3. The first kappa shape index (κ1) is 13.6. The van der Waals surface area contributed by atoms with Gasteiger partial charge in [0.1, 0.15) is 5.02 Å². The van der Waals surface area contributed by atoms with Crippen LogP contribution in [0, 0.1) is 30.3 Å². The van der Waals surface area contributed by atoms with Gasteiger partial charge in [-0.25, -0.2) is 0 Å². The summed E-state index contributed by atoms with van der Waals surface area (Å²) in [6, 6.07) is 4.25. The molecule has 2 aromatic carbocycles. The third-order valence-electron chi connectivity index (χ3n) is 2.63. The quantitative estimate of drug-likeness (QED) is 0.631. The minimum atomic E-state index is -0.925. The van der Waals surface area contributed by atoms with E-state index in [1.165, 1.54) is 12.1 Å². The van der Waals surface area contributed by atoms with E-state index in [1.54, 1.807) is 0 Å². The van der Waals surface area contributed by atoms with Crippen LogP contribution in [0.15, 0.2) is 24.3 Å². The molecule has 0 amide bonds. The van der Waals surface area contributed by atoms with Crippen molar-refractivity contribution < 1.29 is 14.8 Å². The molecule has 0 saturated heterocycles. The molecule has 2 rings (SSSR count). The zero-order valence-electron chi connectivity index (χ0n) is 9.48. The van der Waals surface area contributed by atoms with E-state index in [-0.39, 0.29) is 10.8 Å². The van der Waals surface area contributed by atoms with Crippen LogP contribution in [0.4, 0.5) is 17.1 Å². The van der Waals surface area contributed by atoms with Crippen molar-refractivity contribution in [3.05, 3.63) is 59.6 Å². The molecule has 0 aliphatic heterocycles. The molecule has 0 saturated carbocycles. The highest BCUT2D eigenvalue weighted by atomic mass is 35.5. The highest BCUT2D eigenvalue weighted by Gasteiger charge is 2.29. The molecule has 0 fully saturated rings. The van der Waals surface area contributed by atoms with E-state index in [1.807, 2.05) is 0 Å². The van der Waals surface area contributed by atoms with Crippen LogP contribution >= 0.6 is 11.6 Å². The monoisotopic (exact) mass is 297 g/mol. The Morgan fingerprint density at radius 2 is 1.40 bits per heavy atom. The maximum Gasteiger partial charge on any atom is 0.295 e. The first-order valence-electron chi connectivity index (χ1n) is 5.03. The molecule has 10 heteroatoms. The molecule has 0 radical (unpaired) electrons. The van der Waals surface area contributed by atoms with E-state index in [9.17, 15) is 30.3 Å². The number of halogens is 1. The van der Waals surface area contributed by atoms with Crippen LogP contribution in [0.1, 0.15) is 0 Å². The van der Waals surface area contributed by atoms with E-state index in [0.29, 0.717) is 6.07 Å².